The number of nitrogens with one attached hydrogen (secondary N) is 1. The summed E-state index contributed by atoms with van der Waals surface area (Å²) in [5.41, 5.74) is 5.03. The topological polar surface area (TPSA) is 68.0 Å². The minimum absolute atomic E-state index is 0.269. The average Bonchev–Trinajstić information content (AvgIpc) is 2.60. The number of rotatable bonds is 6. The summed E-state index contributed by atoms with van der Waals surface area (Å²) in [6, 6.07) is 0. The van der Waals surface area contributed by atoms with E-state index in [0.29, 0.717) is 18.9 Å². The van der Waals surface area contributed by atoms with Crippen LogP contribution in [-0.2, 0) is 11.3 Å². The number of carbonyl (C=O) groups excluding carboxylic acids is 1. The summed E-state index contributed by atoms with van der Waals surface area (Å²) < 4.78 is 0. The Kier molecular flexibility index (Phi) is 4.71. The van der Waals surface area contributed by atoms with Crippen molar-refractivity contribution < 1.29 is 4.79 Å². The average molecular weight is 227 g/mol. The molecule has 4 nitrogen and oxygen atoms in total. The number of nitrogens with two attached hydrogens (primary N) is 1. The molecule has 1 aromatic heterocycles. The van der Waals surface area contributed by atoms with E-state index >= 15 is 0 Å². The van der Waals surface area contributed by atoms with E-state index in [2.05, 4.69) is 24.1 Å². The number of carbonyl (C=O) groups is 1. The maximum absolute atomic E-state index is 10.5. The van der Waals surface area contributed by atoms with Gasteiger partial charge in [-0.1, -0.05) is 13.8 Å². The van der Waals surface area contributed by atoms with Gasteiger partial charge >= 0.3 is 0 Å². The van der Waals surface area contributed by atoms with Gasteiger partial charge in [-0.15, -0.1) is 11.3 Å². The quantitative estimate of drug-likeness (QED) is 0.718. The van der Waals surface area contributed by atoms with E-state index in [1.54, 1.807) is 11.3 Å². The molecule has 1 amide bonds. The molecule has 0 radical (unpaired) electrons. The van der Waals surface area contributed by atoms with Gasteiger partial charge < -0.3 is 11.1 Å². The van der Waals surface area contributed by atoms with Gasteiger partial charge in [0.05, 0.1) is 5.01 Å². The molecule has 0 saturated carbocycles. The minimum Gasteiger partial charge on any atom is -0.370 e. The molecular weight excluding hydrogens is 210 g/mol. The molecule has 15 heavy (non-hydrogen) atoms. The molecule has 0 atom stereocenters. The Labute approximate surface area is 93.9 Å². The summed E-state index contributed by atoms with van der Waals surface area (Å²) in [6.07, 6.45) is 2.27. The predicted octanol–water partition coefficient (Wildman–Crippen LogP) is 1.23. The Morgan fingerprint density at radius 2 is 2.40 bits per heavy atom. The van der Waals surface area contributed by atoms with E-state index in [1.807, 2.05) is 6.20 Å². The lowest BCUT2D eigenvalue weighted by Crippen LogP contribution is -2.21. The lowest BCUT2D eigenvalue weighted by Gasteiger charge is -1.99. The lowest BCUT2D eigenvalue weighted by molar-refractivity contribution is -0.117. The Morgan fingerprint density at radius 3 is 2.93 bits per heavy atom. The van der Waals surface area contributed by atoms with Gasteiger partial charge in [0.15, 0.2) is 0 Å². The summed E-state index contributed by atoms with van der Waals surface area (Å²) in [5.74, 6) is 0.212. The number of primary amides is 1. The molecule has 1 rings (SSSR count). The van der Waals surface area contributed by atoms with E-state index < -0.39 is 0 Å². The van der Waals surface area contributed by atoms with E-state index in [0.717, 1.165) is 11.6 Å². The molecule has 0 aliphatic rings. The number of aromatic nitrogens is 1. The highest BCUT2D eigenvalue weighted by Crippen LogP contribution is 2.20. The molecule has 0 bridgehead atoms. The van der Waals surface area contributed by atoms with Crippen LogP contribution in [-0.4, -0.2) is 17.4 Å². The van der Waals surface area contributed by atoms with Gasteiger partial charge in [0.25, 0.3) is 0 Å². The van der Waals surface area contributed by atoms with Gasteiger partial charge in [-0.05, 0) is 0 Å². The summed E-state index contributed by atoms with van der Waals surface area (Å²) in [6.45, 7) is 5.65. The summed E-state index contributed by atoms with van der Waals surface area (Å²) in [5, 5.41) is 4.31. The third kappa shape index (κ3) is 4.40. The Bertz CT molecular complexity index is 322. The molecule has 0 aliphatic carbocycles. The normalized spacial score (nSPS) is 10.9. The van der Waals surface area contributed by atoms with Gasteiger partial charge in [-0.3, -0.25) is 4.79 Å². The van der Waals surface area contributed by atoms with Crippen molar-refractivity contribution in [2.45, 2.75) is 32.7 Å². The molecule has 84 valence electrons. The van der Waals surface area contributed by atoms with Crippen molar-refractivity contribution >= 4 is 17.2 Å². The largest absolute Gasteiger partial charge is 0.370 e. The van der Waals surface area contributed by atoms with Crippen LogP contribution >= 0.6 is 11.3 Å². The second-order valence-corrected chi connectivity index (χ2v) is 4.86. The molecule has 3 N–H and O–H groups in total. The van der Waals surface area contributed by atoms with Crippen molar-refractivity contribution in [1.82, 2.24) is 10.3 Å². The highest BCUT2D eigenvalue weighted by molar-refractivity contribution is 7.11. The minimum atomic E-state index is -0.269. The fourth-order valence-corrected chi connectivity index (χ4v) is 1.98. The number of hydrogen-bond acceptors (Lipinski definition) is 4. The highest BCUT2D eigenvalue weighted by Gasteiger charge is 2.05. The Balaban J connectivity index is 2.28. The van der Waals surface area contributed by atoms with Crippen LogP contribution in [0, 0.1) is 0 Å². The van der Waals surface area contributed by atoms with E-state index in [1.165, 1.54) is 4.88 Å². The van der Waals surface area contributed by atoms with E-state index in [9.17, 15) is 4.79 Å². The smallest absolute Gasteiger partial charge is 0.218 e. The van der Waals surface area contributed by atoms with Crippen LogP contribution in [0.2, 0.25) is 0 Å². The third-order valence-corrected chi connectivity index (χ3v) is 3.21. The van der Waals surface area contributed by atoms with Gasteiger partial charge in [0.2, 0.25) is 5.91 Å². The maximum Gasteiger partial charge on any atom is 0.218 e. The standard InChI is InChI=1S/C10H17N3OS/c1-7(2)10-13-6-8(15-10)5-12-4-3-9(11)14/h6-7,12H,3-5H2,1-2H3,(H2,11,14). The molecule has 0 aromatic carbocycles. The number of thiazole rings is 1. The van der Waals surface area contributed by atoms with Gasteiger partial charge in [-0.25, -0.2) is 4.98 Å². The first-order valence-electron chi connectivity index (χ1n) is 5.03. The first-order valence-corrected chi connectivity index (χ1v) is 5.85. The summed E-state index contributed by atoms with van der Waals surface area (Å²) in [4.78, 5) is 16.0. The first kappa shape index (κ1) is 12.1. The zero-order valence-electron chi connectivity index (χ0n) is 9.12. The molecule has 0 spiro atoms. The molecule has 5 heteroatoms. The van der Waals surface area contributed by atoms with Crippen molar-refractivity contribution in [1.29, 1.82) is 0 Å². The molecule has 0 aliphatic heterocycles. The van der Waals surface area contributed by atoms with E-state index in [-0.39, 0.29) is 5.91 Å². The summed E-state index contributed by atoms with van der Waals surface area (Å²) in [7, 11) is 0. The summed E-state index contributed by atoms with van der Waals surface area (Å²) >= 11 is 1.71. The number of hydrogen-bond donors (Lipinski definition) is 2. The SMILES string of the molecule is CC(C)c1ncc(CNCCC(N)=O)s1. The van der Waals surface area contributed by atoms with Crippen LogP contribution < -0.4 is 11.1 Å². The van der Waals surface area contributed by atoms with Crippen molar-refractivity contribution in [3.63, 3.8) is 0 Å². The molecular formula is C10H17N3OS. The zero-order valence-corrected chi connectivity index (χ0v) is 9.93. The molecule has 0 unspecified atom stereocenters. The van der Waals surface area contributed by atoms with Crippen molar-refractivity contribution in [3.05, 3.63) is 16.1 Å². The fraction of sp³-hybridized carbons (Fsp3) is 0.600. The second-order valence-electron chi connectivity index (χ2n) is 3.71. The monoisotopic (exact) mass is 227 g/mol. The van der Waals surface area contributed by atoms with Crippen molar-refractivity contribution in [2.75, 3.05) is 6.54 Å². The zero-order chi connectivity index (χ0) is 11.3. The van der Waals surface area contributed by atoms with Crippen LogP contribution in [0.1, 0.15) is 36.1 Å². The molecule has 1 aromatic rings. The molecule has 0 saturated heterocycles. The first-order chi connectivity index (χ1) is 7.09. The van der Waals surface area contributed by atoms with Crippen LogP contribution in [0.5, 0.6) is 0 Å². The number of amides is 1. The Hall–Kier alpha value is -0.940. The Morgan fingerprint density at radius 1 is 1.67 bits per heavy atom. The van der Waals surface area contributed by atoms with Crippen LogP contribution in [0.25, 0.3) is 0 Å². The predicted molar refractivity (Wildman–Crippen MR) is 61.7 cm³/mol. The van der Waals surface area contributed by atoms with Gasteiger partial charge in [0.1, 0.15) is 0 Å². The van der Waals surface area contributed by atoms with Crippen LogP contribution in [0.4, 0.5) is 0 Å². The second kappa shape index (κ2) is 5.82. The van der Waals surface area contributed by atoms with Crippen molar-refractivity contribution in [3.8, 4) is 0 Å². The number of nitrogens with zero attached hydrogens (tertiary/aromatic N) is 1. The molecule has 1 heterocycles. The van der Waals surface area contributed by atoms with Crippen molar-refractivity contribution in [2.24, 2.45) is 5.73 Å². The lowest BCUT2D eigenvalue weighted by atomic mass is 10.2. The highest BCUT2D eigenvalue weighted by atomic mass is 32.1. The van der Waals surface area contributed by atoms with Crippen LogP contribution in [0.3, 0.4) is 0 Å². The maximum atomic E-state index is 10.5. The van der Waals surface area contributed by atoms with Gasteiger partial charge in [-0.2, -0.15) is 0 Å². The fourth-order valence-electron chi connectivity index (χ4n) is 1.09. The molecule has 0 fully saturated rings. The van der Waals surface area contributed by atoms with Gasteiger partial charge in [0, 0.05) is 36.5 Å². The van der Waals surface area contributed by atoms with E-state index in [4.69, 9.17) is 5.73 Å². The third-order valence-electron chi connectivity index (χ3n) is 1.91. The van der Waals surface area contributed by atoms with Crippen LogP contribution in [0.15, 0.2) is 6.20 Å².